The second-order valence-corrected chi connectivity index (χ2v) is 5.54. The summed E-state index contributed by atoms with van der Waals surface area (Å²) in [6.45, 7) is 1.27. The topological polar surface area (TPSA) is 40.5 Å². The molecule has 1 aliphatic carbocycles. The van der Waals surface area contributed by atoms with Crippen LogP contribution in [0.3, 0.4) is 0 Å². The average molecular weight is 223 g/mol. The molecule has 4 heteroatoms. The van der Waals surface area contributed by atoms with E-state index in [-0.39, 0.29) is 12.1 Å². The van der Waals surface area contributed by atoms with Gasteiger partial charge in [0, 0.05) is 17.6 Å². The molecule has 3 fully saturated rings. The summed E-state index contributed by atoms with van der Waals surface area (Å²) in [6, 6.07) is 1.93. The molecular formula is C11H13NO2S. The fourth-order valence-electron chi connectivity index (χ4n) is 2.96. The number of fused-ring (bicyclic) bond motifs is 1. The van der Waals surface area contributed by atoms with Gasteiger partial charge in [0.25, 0.3) is 0 Å². The molecule has 3 nitrogen and oxygen atoms in total. The van der Waals surface area contributed by atoms with E-state index in [0.29, 0.717) is 0 Å². The Morgan fingerprint density at radius 2 is 2.47 bits per heavy atom. The zero-order valence-electron chi connectivity index (χ0n) is 8.35. The Morgan fingerprint density at radius 1 is 1.67 bits per heavy atom. The van der Waals surface area contributed by atoms with Crippen LogP contribution in [-0.4, -0.2) is 30.1 Å². The van der Waals surface area contributed by atoms with Crippen molar-refractivity contribution in [1.29, 1.82) is 0 Å². The average Bonchev–Trinajstić information content (AvgIpc) is 2.87. The first kappa shape index (κ1) is 9.36. The van der Waals surface area contributed by atoms with Crippen molar-refractivity contribution < 1.29 is 9.90 Å². The third-order valence-corrected chi connectivity index (χ3v) is 4.52. The molecule has 1 saturated carbocycles. The van der Waals surface area contributed by atoms with Gasteiger partial charge in [-0.3, -0.25) is 4.79 Å². The minimum atomic E-state index is -0.00804. The monoisotopic (exact) mass is 223 g/mol. The summed E-state index contributed by atoms with van der Waals surface area (Å²) >= 11 is 1.47. The smallest absolute Gasteiger partial charge is 0.160 e. The summed E-state index contributed by atoms with van der Waals surface area (Å²) in [5.41, 5.74) is 1.10. The minimum Gasteiger partial charge on any atom is -0.394 e. The van der Waals surface area contributed by atoms with E-state index in [1.165, 1.54) is 11.3 Å². The number of hydrogen-bond acceptors (Lipinski definition) is 4. The van der Waals surface area contributed by atoms with Gasteiger partial charge >= 0.3 is 0 Å². The van der Waals surface area contributed by atoms with Crippen molar-refractivity contribution in [3.63, 3.8) is 0 Å². The molecule has 0 spiro atoms. The lowest BCUT2D eigenvalue weighted by molar-refractivity contribution is 0.112. The van der Waals surface area contributed by atoms with Crippen LogP contribution in [0.15, 0.2) is 11.4 Å². The summed E-state index contributed by atoms with van der Waals surface area (Å²) < 4.78 is 0. The quantitative estimate of drug-likeness (QED) is 0.790. The molecule has 0 unspecified atom stereocenters. The van der Waals surface area contributed by atoms with Gasteiger partial charge < -0.3 is 10.0 Å². The number of carbonyl (C=O) groups excluding carboxylic acids is 1. The van der Waals surface area contributed by atoms with Gasteiger partial charge in [0.05, 0.1) is 17.0 Å². The highest BCUT2D eigenvalue weighted by atomic mass is 32.1. The summed E-state index contributed by atoms with van der Waals surface area (Å²) in [7, 11) is 0. The van der Waals surface area contributed by atoms with Crippen molar-refractivity contribution in [2.75, 3.05) is 18.1 Å². The maximum atomic E-state index is 10.6. The van der Waals surface area contributed by atoms with E-state index in [9.17, 15) is 9.90 Å². The molecule has 2 bridgehead atoms. The molecule has 80 valence electrons. The first-order valence-corrected chi connectivity index (χ1v) is 6.07. The normalized spacial score (nSPS) is 32.9. The Labute approximate surface area is 92.3 Å². The summed E-state index contributed by atoms with van der Waals surface area (Å²) in [4.78, 5) is 13.7. The second kappa shape index (κ2) is 3.06. The van der Waals surface area contributed by atoms with Crippen molar-refractivity contribution in [1.82, 2.24) is 0 Å². The molecule has 1 aromatic heterocycles. The Morgan fingerprint density at radius 3 is 3.07 bits per heavy atom. The molecular weight excluding hydrogens is 210 g/mol. The van der Waals surface area contributed by atoms with Gasteiger partial charge in [-0.1, -0.05) is 0 Å². The highest BCUT2D eigenvalue weighted by Crippen LogP contribution is 2.52. The second-order valence-electron chi connectivity index (χ2n) is 4.59. The number of nitrogens with zero attached hydrogens (tertiary/aromatic N) is 1. The van der Waals surface area contributed by atoms with Gasteiger partial charge in [0.15, 0.2) is 6.29 Å². The number of carbonyl (C=O) groups is 1. The number of aliphatic hydroxyl groups is 1. The van der Waals surface area contributed by atoms with Gasteiger partial charge in [-0.05, 0) is 24.8 Å². The third-order valence-electron chi connectivity index (χ3n) is 3.68. The highest BCUT2D eigenvalue weighted by molar-refractivity contribution is 7.12. The van der Waals surface area contributed by atoms with Crippen LogP contribution in [0.5, 0.6) is 0 Å². The van der Waals surface area contributed by atoms with Gasteiger partial charge in [-0.15, -0.1) is 11.3 Å². The number of aldehydes is 1. The summed E-state index contributed by atoms with van der Waals surface area (Å²) in [5, 5.41) is 11.5. The van der Waals surface area contributed by atoms with Gasteiger partial charge in [0.2, 0.25) is 0 Å². The van der Waals surface area contributed by atoms with Crippen molar-refractivity contribution in [2.24, 2.45) is 5.92 Å². The Balaban J connectivity index is 1.91. The highest BCUT2D eigenvalue weighted by Gasteiger charge is 2.55. The van der Waals surface area contributed by atoms with Crippen molar-refractivity contribution in [3.05, 3.63) is 16.3 Å². The maximum absolute atomic E-state index is 10.6. The van der Waals surface area contributed by atoms with Crippen LogP contribution >= 0.6 is 11.3 Å². The van der Waals surface area contributed by atoms with E-state index >= 15 is 0 Å². The number of thiophene rings is 1. The van der Waals surface area contributed by atoms with E-state index in [0.717, 1.165) is 42.2 Å². The minimum absolute atomic E-state index is 0.00804. The van der Waals surface area contributed by atoms with E-state index in [2.05, 4.69) is 4.90 Å². The molecule has 2 saturated heterocycles. The lowest BCUT2D eigenvalue weighted by Gasteiger charge is -2.41. The SMILES string of the molecule is O=Cc1cc(N2CC3CC2(CO)C3)cs1. The van der Waals surface area contributed by atoms with Crippen LogP contribution in [0, 0.1) is 5.92 Å². The molecule has 1 aromatic rings. The molecule has 0 atom stereocenters. The zero-order chi connectivity index (χ0) is 10.5. The van der Waals surface area contributed by atoms with Crippen LogP contribution in [0.1, 0.15) is 22.5 Å². The predicted octanol–water partition coefficient (Wildman–Crippen LogP) is 1.52. The largest absolute Gasteiger partial charge is 0.394 e. The fraction of sp³-hybridized carbons (Fsp3) is 0.545. The molecule has 0 amide bonds. The third kappa shape index (κ3) is 1.18. The van der Waals surface area contributed by atoms with Crippen LogP contribution < -0.4 is 4.90 Å². The van der Waals surface area contributed by atoms with Gasteiger partial charge in [-0.2, -0.15) is 0 Å². The van der Waals surface area contributed by atoms with Crippen molar-refractivity contribution >= 4 is 23.3 Å². The number of anilines is 1. The van der Waals surface area contributed by atoms with Crippen molar-refractivity contribution in [2.45, 2.75) is 18.4 Å². The molecule has 4 rings (SSSR count). The standard InChI is InChI=1S/C11H13NO2S/c13-5-10-1-9(6-15-10)12-4-8-2-11(12,3-8)7-14/h1,5-6,8,14H,2-4,7H2. The number of hydrogen-bond donors (Lipinski definition) is 1. The maximum Gasteiger partial charge on any atom is 0.160 e. The molecule has 0 aromatic carbocycles. The molecule has 1 N–H and O–H groups in total. The Kier molecular flexibility index (Phi) is 1.91. The van der Waals surface area contributed by atoms with E-state index in [4.69, 9.17) is 0 Å². The van der Waals surface area contributed by atoms with Crippen LogP contribution in [-0.2, 0) is 0 Å². The fourth-order valence-corrected chi connectivity index (χ4v) is 3.65. The van der Waals surface area contributed by atoms with E-state index in [1.54, 1.807) is 0 Å². The summed E-state index contributed by atoms with van der Waals surface area (Å²) in [5.74, 6) is 0.747. The first-order valence-electron chi connectivity index (χ1n) is 5.20. The Bertz CT molecular complexity index is 395. The van der Waals surface area contributed by atoms with E-state index < -0.39 is 0 Å². The first-order chi connectivity index (χ1) is 7.27. The van der Waals surface area contributed by atoms with E-state index in [1.807, 2.05) is 11.4 Å². The Hall–Kier alpha value is -0.870. The van der Waals surface area contributed by atoms with Crippen LogP contribution in [0.4, 0.5) is 5.69 Å². The molecule has 3 aliphatic rings. The lowest BCUT2D eigenvalue weighted by atomic mass is 9.74. The predicted molar refractivity (Wildman–Crippen MR) is 59.6 cm³/mol. The van der Waals surface area contributed by atoms with Crippen molar-refractivity contribution in [3.8, 4) is 0 Å². The molecule has 0 radical (unpaired) electrons. The molecule has 15 heavy (non-hydrogen) atoms. The van der Waals surface area contributed by atoms with Gasteiger partial charge in [0.1, 0.15) is 0 Å². The summed E-state index contributed by atoms with van der Waals surface area (Å²) in [6.07, 6.45) is 3.10. The number of rotatable bonds is 3. The van der Waals surface area contributed by atoms with Gasteiger partial charge in [-0.25, -0.2) is 0 Å². The molecule has 2 aliphatic heterocycles. The number of aliphatic hydroxyl groups excluding tert-OH is 1. The lowest BCUT2D eigenvalue weighted by Crippen LogP contribution is -2.49. The van der Waals surface area contributed by atoms with Crippen LogP contribution in [0.25, 0.3) is 0 Å². The van der Waals surface area contributed by atoms with Crippen LogP contribution in [0.2, 0.25) is 0 Å². The molecule has 3 heterocycles. The zero-order valence-corrected chi connectivity index (χ0v) is 9.17.